The van der Waals surface area contributed by atoms with Crippen LogP contribution in [0.2, 0.25) is 10.0 Å². The van der Waals surface area contributed by atoms with Crippen molar-refractivity contribution in [1.82, 2.24) is 0 Å². The average molecular weight is 296 g/mol. The number of halogens is 2. The summed E-state index contributed by atoms with van der Waals surface area (Å²) in [5.74, 6) is 0. The summed E-state index contributed by atoms with van der Waals surface area (Å²) in [6.07, 6.45) is -0.224. The molecular weight excluding hydrogens is 281 g/mol. The molecule has 2 aromatic carbocycles. The molecule has 0 amide bonds. The van der Waals surface area contributed by atoms with E-state index in [9.17, 15) is 0 Å². The largest absolute Gasteiger partial charge is 0.375 e. The van der Waals surface area contributed by atoms with E-state index in [1.54, 1.807) is 19.2 Å². The Bertz CT molecular complexity index is 545. The molecule has 2 atom stereocenters. The summed E-state index contributed by atoms with van der Waals surface area (Å²) in [4.78, 5) is 0. The van der Waals surface area contributed by atoms with Gasteiger partial charge < -0.3 is 10.5 Å². The third kappa shape index (κ3) is 3.28. The summed E-state index contributed by atoms with van der Waals surface area (Å²) in [6, 6.07) is 15.0. The van der Waals surface area contributed by atoms with Gasteiger partial charge in [-0.15, -0.1) is 0 Å². The molecule has 2 nitrogen and oxygen atoms in total. The Morgan fingerprint density at radius 2 is 1.63 bits per heavy atom. The average Bonchev–Trinajstić information content (AvgIpc) is 2.44. The maximum absolute atomic E-state index is 6.27. The number of hydrogen-bond acceptors (Lipinski definition) is 2. The molecule has 2 aromatic rings. The van der Waals surface area contributed by atoms with Crippen molar-refractivity contribution in [2.45, 2.75) is 12.1 Å². The summed E-state index contributed by atoms with van der Waals surface area (Å²) in [5, 5.41) is 1.02. The molecule has 0 aliphatic heterocycles. The zero-order chi connectivity index (χ0) is 13.8. The van der Waals surface area contributed by atoms with E-state index in [1.807, 2.05) is 36.4 Å². The first kappa shape index (κ1) is 14.4. The lowest BCUT2D eigenvalue weighted by Gasteiger charge is -2.23. The van der Waals surface area contributed by atoms with E-state index in [2.05, 4.69) is 0 Å². The Labute approximate surface area is 123 Å². The van der Waals surface area contributed by atoms with Crippen LogP contribution in [-0.4, -0.2) is 7.11 Å². The van der Waals surface area contributed by atoms with Crippen molar-refractivity contribution >= 4 is 23.2 Å². The third-order valence-corrected chi connectivity index (χ3v) is 3.78. The van der Waals surface area contributed by atoms with E-state index >= 15 is 0 Å². The van der Waals surface area contributed by atoms with Gasteiger partial charge in [0.05, 0.1) is 16.1 Å². The van der Waals surface area contributed by atoms with Crippen LogP contribution in [0, 0.1) is 0 Å². The molecule has 4 heteroatoms. The topological polar surface area (TPSA) is 35.2 Å². The van der Waals surface area contributed by atoms with E-state index in [4.69, 9.17) is 33.7 Å². The van der Waals surface area contributed by atoms with Crippen LogP contribution < -0.4 is 5.73 Å². The van der Waals surface area contributed by atoms with Gasteiger partial charge in [0.25, 0.3) is 0 Å². The van der Waals surface area contributed by atoms with Crippen LogP contribution in [0.1, 0.15) is 23.3 Å². The molecule has 2 rings (SSSR count). The van der Waals surface area contributed by atoms with Crippen LogP contribution in [0.15, 0.2) is 48.5 Å². The van der Waals surface area contributed by atoms with Crippen molar-refractivity contribution in [3.63, 3.8) is 0 Å². The predicted molar refractivity (Wildman–Crippen MR) is 79.6 cm³/mol. The molecule has 2 N–H and O–H groups in total. The van der Waals surface area contributed by atoms with Crippen LogP contribution >= 0.6 is 23.2 Å². The van der Waals surface area contributed by atoms with E-state index in [1.165, 1.54) is 0 Å². The van der Waals surface area contributed by atoms with Crippen molar-refractivity contribution in [2.24, 2.45) is 5.73 Å². The van der Waals surface area contributed by atoms with Gasteiger partial charge in [-0.1, -0.05) is 59.6 Å². The molecule has 0 aromatic heterocycles. The van der Waals surface area contributed by atoms with Gasteiger partial charge in [0.1, 0.15) is 6.10 Å². The molecule has 0 aliphatic rings. The molecule has 0 heterocycles. The van der Waals surface area contributed by atoms with Crippen LogP contribution in [-0.2, 0) is 4.74 Å². The number of methoxy groups -OCH3 is 1. The highest BCUT2D eigenvalue weighted by Crippen LogP contribution is 2.32. The van der Waals surface area contributed by atoms with Gasteiger partial charge in [-0.25, -0.2) is 0 Å². The second-order valence-corrected chi connectivity index (χ2v) is 5.08. The fourth-order valence-corrected chi connectivity index (χ4v) is 2.33. The molecule has 0 saturated heterocycles. The quantitative estimate of drug-likeness (QED) is 0.908. The fraction of sp³-hybridized carbons (Fsp3) is 0.200. The van der Waals surface area contributed by atoms with E-state index < -0.39 is 0 Å². The van der Waals surface area contributed by atoms with Gasteiger partial charge in [-0.05, 0) is 23.3 Å². The summed E-state index contributed by atoms with van der Waals surface area (Å²) < 4.78 is 5.52. The van der Waals surface area contributed by atoms with Crippen molar-refractivity contribution in [3.8, 4) is 0 Å². The maximum atomic E-state index is 6.27. The highest BCUT2D eigenvalue weighted by atomic mass is 35.5. The van der Waals surface area contributed by atoms with Crippen LogP contribution in [0.5, 0.6) is 0 Å². The second-order valence-electron chi connectivity index (χ2n) is 4.27. The minimum Gasteiger partial charge on any atom is -0.375 e. The number of benzene rings is 2. The Morgan fingerprint density at radius 3 is 2.21 bits per heavy atom. The molecular formula is C15H15Cl2NO. The lowest BCUT2D eigenvalue weighted by Crippen LogP contribution is -2.21. The van der Waals surface area contributed by atoms with Crippen molar-refractivity contribution in [1.29, 1.82) is 0 Å². The second kappa shape index (κ2) is 6.40. The molecule has 2 unspecified atom stereocenters. The van der Waals surface area contributed by atoms with Crippen LogP contribution in [0.3, 0.4) is 0 Å². The zero-order valence-electron chi connectivity index (χ0n) is 10.5. The lowest BCUT2D eigenvalue weighted by atomic mass is 9.96. The molecule has 0 aliphatic carbocycles. The summed E-state index contributed by atoms with van der Waals surface area (Å²) in [6.45, 7) is 0. The summed E-state index contributed by atoms with van der Waals surface area (Å²) >= 11 is 11.9. The molecule has 0 bridgehead atoms. The van der Waals surface area contributed by atoms with E-state index in [0.717, 1.165) is 11.1 Å². The number of ether oxygens (including phenoxy) is 1. The van der Waals surface area contributed by atoms with E-state index in [0.29, 0.717) is 10.0 Å². The Morgan fingerprint density at radius 1 is 0.947 bits per heavy atom. The van der Waals surface area contributed by atoms with Gasteiger partial charge in [0, 0.05) is 7.11 Å². The van der Waals surface area contributed by atoms with Gasteiger partial charge in [0.15, 0.2) is 0 Å². The van der Waals surface area contributed by atoms with Crippen LogP contribution in [0.25, 0.3) is 0 Å². The first-order valence-corrected chi connectivity index (χ1v) is 6.67. The summed E-state index contributed by atoms with van der Waals surface area (Å²) in [5.41, 5.74) is 8.20. The van der Waals surface area contributed by atoms with Gasteiger partial charge in [0.2, 0.25) is 0 Å². The van der Waals surface area contributed by atoms with Crippen molar-refractivity contribution in [2.75, 3.05) is 7.11 Å². The minimum absolute atomic E-state index is 0.224. The summed E-state index contributed by atoms with van der Waals surface area (Å²) in [7, 11) is 1.65. The maximum Gasteiger partial charge on any atom is 0.101 e. The van der Waals surface area contributed by atoms with Gasteiger partial charge in [-0.2, -0.15) is 0 Å². The van der Waals surface area contributed by atoms with Crippen molar-refractivity contribution in [3.05, 3.63) is 69.7 Å². The van der Waals surface area contributed by atoms with Gasteiger partial charge in [-0.3, -0.25) is 0 Å². The Balaban J connectivity index is 2.30. The first-order chi connectivity index (χ1) is 9.13. The Hall–Kier alpha value is -1.06. The molecule has 19 heavy (non-hydrogen) atoms. The highest BCUT2D eigenvalue weighted by Gasteiger charge is 2.21. The highest BCUT2D eigenvalue weighted by molar-refractivity contribution is 6.42. The number of hydrogen-bond donors (Lipinski definition) is 1. The number of nitrogens with two attached hydrogens (primary N) is 1. The molecule has 0 radical (unpaired) electrons. The number of rotatable bonds is 4. The SMILES string of the molecule is COC(c1ccccc1)C(N)c1ccc(Cl)c(Cl)c1. The van der Waals surface area contributed by atoms with E-state index in [-0.39, 0.29) is 12.1 Å². The van der Waals surface area contributed by atoms with Gasteiger partial charge >= 0.3 is 0 Å². The van der Waals surface area contributed by atoms with Crippen LogP contribution in [0.4, 0.5) is 0 Å². The molecule has 0 saturated carbocycles. The molecule has 100 valence electrons. The fourth-order valence-electron chi connectivity index (χ4n) is 2.03. The van der Waals surface area contributed by atoms with Crippen molar-refractivity contribution < 1.29 is 4.74 Å². The Kier molecular flexibility index (Phi) is 4.83. The monoisotopic (exact) mass is 295 g/mol. The minimum atomic E-state index is -0.304. The standard InChI is InChI=1S/C15H15Cl2NO/c1-19-15(10-5-3-2-4-6-10)14(18)11-7-8-12(16)13(17)9-11/h2-9,14-15H,18H2,1H3. The normalized spacial score (nSPS) is 14.1. The first-order valence-electron chi connectivity index (χ1n) is 5.91. The zero-order valence-corrected chi connectivity index (χ0v) is 12.0. The third-order valence-electron chi connectivity index (χ3n) is 3.04. The molecule has 0 fully saturated rings. The predicted octanol–water partition coefficient (Wildman–Crippen LogP) is 4.38. The molecule has 0 spiro atoms. The lowest BCUT2D eigenvalue weighted by molar-refractivity contribution is 0.0802. The smallest absolute Gasteiger partial charge is 0.101 e.